The van der Waals surface area contributed by atoms with Crippen molar-refractivity contribution >= 4 is 11.6 Å². The van der Waals surface area contributed by atoms with Gasteiger partial charge in [-0.2, -0.15) is 5.10 Å². The van der Waals surface area contributed by atoms with Crippen molar-refractivity contribution in [2.75, 3.05) is 0 Å². The maximum Gasteiger partial charge on any atom is 0.219 e. The summed E-state index contributed by atoms with van der Waals surface area (Å²) in [6, 6.07) is 1.72. The van der Waals surface area contributed by atoms with Crippen molar-refractivity contribution in [3.05, 3.63) is 35.2 Å². The second-order valence-electron chi connectivity index (χ2n) is 3.27. The Hall–Kier alpha value is -1.59. The van der Waals surface area contributed by atoms with Crippen LogP contribution in [0.15, 0.2) is 24.7 Å². The van der Waals surface area contributed by atoms with Gasteiger partial charge in [0.15, 0.2) is 5.75 Å². The number of rotatable bonds is 3. The molecule has 0 aliphatic rings. The molecule has 0 bridgehead atoms. The molecule has 0 saturated carbocycles. The molecule has 16 heavy (non-hydrogen) atoms. The molecule has 0 saturated heterocycles. The van der Waals surface area contributed by atoms with Crippen LogP contribution in [-0.4, -0.2) is 14.8 Å². The predicted molar refractivity (Wildman–Crippen MR) is 60.4 cm³/mol. The minimum absolute atomic E-state index is 0.352. The number of ether oxygens (including phenoxy) is 1. The third-order valence-electron chi connectivity index (χ3n) is 2.03. The summed E-state index contributed by atoms with van der Waals surface area (Å²) in [5.41, 5.74) is 6.33. The molecule has 2 N–H and O–H groups in total. The Balaban J connectivity index is 2.21. The third kappa shape index (κ3) is 2.32. The van der Waals surface area contributed by atoms with Gasteiger partial charge in [0, 0.05) is 25.9 Å². The van der Waals surface area contributed by atoms with E-state index in [4.69, 9.17) is 22.1 Å². The molecular formula is C10H11ClN4O. The summed E-state index contributed by atoms with van der Waals surface area (Å²) in [5.74, 6) is 1.08. The summed E-state index contributed by atoms with van der Waals surface area (Å²) in [7, 11) is 1.81. The number of nitrogens with zero attached hydrogens (tertiary/aromatic N) is 3. The lowest BCUT2D eigenvalue weighted by atomic mass is 10.3. The van der Waals surface area contributed by atoms with E-state index in [0.717, 1.165) is 5.56 Å². The molecule has 0 radical (unpaired) electrons. The van der Waals surface area contributed by atoms with Gasteiger partial charge in [0.25, 0.3) is 0 Å². The summed E-state index contributed by atoms with van der Waals surface area (Å²) < 4.78 is 7.14. The first-order valence-corrected chi connectivity index (χ1v) is 5.08. The van der Waals surface area contributed by atoms with Gasteiger partial charge in [-0.05, 0) is 5.56 Å². The van der Waals surface area contributed by atoms with Crippen molar-refractivity contribution in [2.24, 2.45) is 12.8 Å². The van der Waals surface area contributed by atoms with E-state index in [1.165, 1.54) is 6.20 Å². The fraction of sp³-hybridized carbons (Fsp3) is 0.200. The van der Waals surface area contributed by atoms with Crippen molar-refractivity contribution < 1.29 is 4.74 Å². The quantitative estimate of drug-likeness (QED) is 0.884. The highest BCUT2D eigenvalue weighted by molar-refractivity contribution is 6.31. The van der Waals surface area contributed by atoms with Gasteiger partial charge < -0.3 is 10.5 Å². The number of nitrogens with two attached hydrogens (primary N) is 1. The third-order valence-corrected chi connectivity index (χ3v) is 2.37. The molecule has 0 fully saturated rings. The van der Waals surface area contributed by atoms with Gasteiger partial charge in [0.1, 0.15) is 0 Å². The zero-order valence-corrected chi connectivity index (χ0v) is 9.48. The highest BCUT2D eigenvalue weighted by Gasteiger charge is 2.05. The molecule has 0 atom stereocenters. The number of aromatic nitrogens is 3. The van der Waals surface area contributed by atoms with Gasteiger partial charge >= 0.3 is 0 Å². The van der Waals surface area contributed by atoms with Crippen molar-refractivity contribution in [1.29, 1.82) is 0 Å². The van der Waals surface area contributed by atoms with E-state index >= 15 is 0 Å². The van der Waals surface area contributed by atoms with Gasteiger partial charge in [-0.15, -0.1) is 0 Å². The monoisotopic (exact) mass is 238 g/mol. The van der Waals surface area contributed by atoms with Gasteiger partial charge in [-0.1, -0.05) is 11.6 Å². The molecule has 0 aromatic carbocycles. The predicted octanol–water partition coefficient (Wildman–Crippen LogP) is 1.72. The summed E-state index contributed by atoms with van der Waals surface area (Å²) >= 11 is 5.89. The zero-order valence-electron chi connectivity index (χ0n) is 8.72. The largest absolute Gasteiger partial charge is 0.436 e. The minimum Gasteiger partial charge on any atom is -0.436 e. The van der Waals surface area contributed by atoms with Crippen LogP contribution in [0, 0.1) is 0 Å². The minimum atomic E-state index is 0.352. The first-order valence-electron chi connectivity index (χ1n) is 4.70. The molecule has 2 heterocycles. The Morgan fingerprint density at radius 2 is 2.31 bits per heavy atom. The van der Waals surface area contributed by atoms with Crippen LogP contribution in [0.2, 0.25) is 5.02 Å². The Morgan fingerprint density at radius 1 is 1.50 bits per heavy atom. The second-order valence-corrected chi connectivity index (χ2v) is 3.68. The molecule has 84 valence electrons. The number of halogens is 1. The summed E-state index contributed by atoms with van der Waals surface area (Å²) in [4.78, 5) is 4.04. The number of hydrogen-bond acceptors (Lipinski definition) is 4. The number of pyridine rings is 1. The van der Waals surface area contributed by atoms with Gasteiger partial charge in [-0.25, -0.2) is 4.98 Å². The Labute approximate surface area is 97.8 Å². The smallest absolute Gasteiger partial charge is 0.219 e. The fourth-order valence-corrected chi connectivity index (χ4v) is 1.42. The van der Waals surface area contributed by atoms with Gasteiger partial charge in [0.2, 0.25) is 5.88 Å². The van der Waals surface area contributed by atoms with E-state index in [9.17, 15) is 0 Å². The van der Waals surface area contributed by atoms with E-state index in [-0.39, 0.29) is 0 Å². The van der Waals surface area contributed by atoms with E-state index in [1.807, 2.05) is 7.05 Å². The SMILES string of the molecule is Cn1cc(Oc2cc(CN)c(Cl)cn2)cn1. The molecule has 0 aliphatic carbocycles. The van der Waals surface area contributed by atoms with Crippen molar-refractivity contribution in [3.8, 4) is 11.6 Å². The van der Waals surface area contributed by atoms with E-state index in [1.54, 1.807) is 23.1 Å². The number of hydrogen-bond donors (Lipinski definition) is 1. The van der Waals surface area contributed by atoms with Crippen LogP contribution in [0.1, 0.15) is 5.56 Å². The lowest BCUT2D eigenvalue weighted by Gasteiger charge is -2.04. The lowest BCUT2D eigenvalue weighted by Crippen LogP contribution is -1.98. The fourth-order valence-electron chi connectivity index (χ4n) is 1.24. The normalized spacial score (nSPS) is 10.4. The van der Waals surface area contributed by atoms with Crippen molar-refractivity contribution in [1.82, 2.24) is 14.8 Å². The molecule has 0 unspecified atom stereocenters. The Kier molecular flexibility index (Phi) is 3.07. The highest BCUT2D eigenvalue weighted by Crippen LogP contribution is 2.22. The topological polar surface area (TPSA) is 66.0 Å². The first-order chi connectivity index (χ1) is 7.69. The molecule has 2 aromatic rings. The molecule has 0 spiro atoms. The standard InChI is InChI=1S/C10H11ClN4O/c1-15-6-8(4-14-15)16-10-2-7(3-12)9(11)5-13-10/h2,4-6H,3,12H2,1H3. The van der Waals surface area contributed by atoms with E-state index in [2.05, 4.69) is 10.1 Å². The summed E-state index contributed by atoms with van der Waals surface area (Å²) in [5, 5.41) is 4.53. The molecule has 2 rings (SSSR count). The number of aryl methyl sites for hydroxylation is 1. The van der Waals surface area contributed by atoms with Crippen molar-refractivity contribution in [2.45, 2.75) is 6.54 Å². The Morgan fingerprint density at radius 3 is 2.94 bits per heavy atom. The van der Waals surface area contributed by atoms with Gasteiger partial charge in [0.05, 0.1) is 17.4 Å². The average Bonchev–Trinajstić information content (AvgIpc) is 2.67. The molecule has 2 aromatic heterocycles. The molecule has 0 aliphatic heterocycles. The average molecular weight is 239 g/mol. The Bertz CT molecular complexity index is 497. The van der Waals surface area contributed by atoms with Crippen molar-refractivity contribution in [3.63, 3.8) is 0 Å². The maximum absolute atomic E-state index is 5.89. The highest BCUT2D eigenvalue weighted by atomic mass is 35.5. The first kappa shape index (κ1) is 10.9. The summed E-state index contributed by atoms with van der Waals surface area (Å²) in [6.45, 7) is 0.352. The van der Waals surface area contributed by atoms with Gasteiger partial charge in [-0.3, -0.25) is 4.68 Å². The van der Waals surface area contributed by atoms with Crippen LogP contribution >= 0.6 is 11.6 Å². The van der Waals surface area contributed by atoms with Crippen LogP contribution in [0.25, 0.3) is 0 Å². The maximum atomic E-state index is 5.89. The molecule has 0 amide bonds. The van der Waals surface area contributed by atoms with Crippen LogP contribution in [0.4, 0.5) is 0 Å². The van der Waals surface area contributed by atoms with Crippen LogP contribution in [0.3, 0.4) is 0 Å². The molecule has 5 nitrogen and oxygen atoms in total. The van der Waals surface area contributed by atoms with Crippen LogP contribution in [0.5, 0.6) is 11.6 Å². The van der Waals surface area contributed by atoms with Crippen LogP contribution in [-0.2, 0) is 13.6 Å². The van der Waals surface area contributed by atoms with E-state index < -0.39 is 0 Å². The lowest BCUT2D eigenvalue weighted by molar-refractivity contribution is 0.461. The molecular weight excluding hydrogens is 228 g/mol. The second kappa shape index (κ2) is 4.51. The summed E-state index contributed by atoms with van der Waals surface area (Å²) in [6.07, 6.45) is 4.88. The molecule has 6 heteroatoms. The van der Waals surface area contributed by atoms with E-state index in [0.29, 0.717) is 23.2 Å². The zero-order chi connectivity index (χ0) is 11.5. The van der Waals surface area contributed by atoms with Crippen LogP contribution < -0.4 is 10.5 Å².